The summed E-state index contributed by atoms with van der Waals surface area (Å²) in [4.78, 5) is 26.5. The normalized spacial score (nSPS) is 16.0. The molecule has 29 heavy (non-hydrogen) atoms. The van der Waals surface area contributed by atoms with Crippen LogP contribution in [0.1, 0.15) is 18.1 Å². The number of hydrogen-bond donors (Lipinski definition) is 0. The van der Waals surface area contributed by atoms with Gasteiger partial charge >= 0.3 is 0 Å². The second kappa shape index (κ2) is 9.73. The van der Waals surface area contributed by atoms with Crippen molar-refractivity contribution >= 4 is 34.5 Å². The van der Waals surface area contributed by atoms with E-state index in [0.717, 1.165) is 22.9 Å². The van der Waals surface area contributed by atoms with Gasteiger partial charge in [0.25, 0.3) is 5.24 Å². The van der Waals surface area contributed by atoms with Gasteiger partial charge in [0.05, 0.1) is 18.4 Å². The quantitative estimate of drug-likeness (QED) is 0.576. The van der Waals surface area contributed by atoms with Gasteiger partial charge in [0.1, 0.15) is 6.61 Å². The molecule has 0 aromatic heterocycles. The Hall–Kier alpha value is -2.62. The maximum absolute atomic E-state index is 12.8. The number of hydrogen-bond acceptors (Lipinski definition) is 5. The number of benzene rings is 2. The van der Waals surface area contributed by atoms with Gasteiger partial charge in [0, 0.05) is 5.02 Å². The van der Waals surface area contributed by atoms with Crippen LogP contribution in [0, 0.1) is 12.3 Å². The fourth-order valence-corrected chi connectivity index (χ4v) is 4.10. The smallest absolute Gasteiger partial charge is 0.289 e. The number of carbonyl (C=O) groups excluding carboxylic acids is 2. The van der Waals surface area contributed by atoms with Crippen LogP contribution in [-0.4, -0.2) is 34.5 Å². The fourth-order valence-electron chi connectivity index (χ4n) is 2.94. The number of halogens is 1. The van der Waals surface area contributed by atoms with Crippen molar-refractivity contribution in [2.75, 3.05) is 13.2 Å². The highest BCUT2D eigenvalue weighted by molar-refractivity contribution is 8.15. The molecule has 1 fully saturated rings. The Balaban J connectivity index is 1.70. The van der Waals surface area contributed by atoms with Crippen LogP contribution in [0.5, 0.6) is 11.5 Å². The Morgan fingerprint density at radius 1 is 1.10 bits per heavy atom. The van der Waals surface area contributed by atoms with Gasteiger partial charge in [0.15, 0.2) is 11.5 Å². The number of amides is 2. The first-order chi connectivity index (χ1) is 14.0. The molecular formula is C22H20ClNO4S. The molecule has 0 unspecified atom stereocenters. The SMILES string of the molecule is C#CCOc1ccc(C[C@H]2SC(=O)N(Cc3ccc(Cl)cc3)C2=O)cc1OCC. The molecule has 0 aliphatic carbocycles. The summed E-state index contributed by atoms with van der Waals surface area (Å²) in [7, 11) is 0. The van der Waals surface area contributed by atoms with Crippen molar-refractivity contribution in [3.05, 3.63) is 58.6 Å². The van der Waals surface area contributed by atoms with Crippen LogP contribution in [0.2, 0.25) is 5.02 Å². The Morgan fingerprint density at radius 3 is 2.52 bits per heavy atom. The largest absolute Gasteiger partial charge is 0.490 e. The molecule has 7 heteroatoms. The lowest BCUT2D eigenvalue weighted by Gasteiger charge is -2.15. The minimum absolute atomic E-state index is 0.143. The van der Waals surface area contributed by atoms with Crippen LogP contribution in [0.15, 0.2) is 42.5 Å². The molecular weight excluding hydrogens is 410 g/mol. The highest BCUT2D eigenvalue weighted by Crippen LogP contribution is 2.34. The average molecular weight is 430 g/mol. The molecule has 150 valence electrons. The Labute approximate surface area is 179 Å². The van der Waals surface area contributed by atoms with Gasteiger partial charge in [-0.15, -0.1) is 6.42 Å². The van der Waals surface area contributed by atoms with Crippen LogP contribution in [0.4, 0.5) is 4.79 Å². The van der Waals surface area contributed by atoms with E-state index in [9.17, 15) is 9.59 Å². The molecule has 0 N–H and O–H groups in total. The number of carbonyl (C=O) groups is 2. The van der Waals surface area contributed by atoms with Crippen molar-refractivity contribution in [3.63, 3.8) is 0 Å². The predicted octanol–water partition coefficient (Wildman–Crippen LogP) is 4.56. The average Bonchev–Trinajstić information content (AvgIpc) is 2.96. The van der Waals surface area contributed by atoms with Gasteiger partial charge in [0.2, 0.25) is 5.91 Å². The second-order valence-corrected chi connectivity index (χ2v) is 7.92. The molecule has 1 atom stereocenters. The summed E-state index contributed by atoms with van der Waals surface area (Å²) in [6.07, 6.45) is 5.66. The maximum Gasteiger partial charge on any atom is 0.289 e. The second-order valence-electron chi connectivity index (χ2n) is 6.33. The third-order valence-corrected chi connectivity index (χ3v) is 5.63. The molecule has 0 saturated carbocycles. The van der Waals surface area contributed by atoms with Gasteiger partial charge in [-0.25, -0.2) is 0 Å². The van der Waals surface area contributed by atoms with Gasteiger partial charge in [-0.1, -0.05) is 47.5 Å². The number of nitrogens with zero attached hydrogens (tertiary/aromatic N) is 1. The minimum atomic E-state index is -0.471. The first-order valence-corrected chi connectivity index (χ1v) is 10.4. The molecule has 2 aromatic rings. The first-order valence-electron chi connectivity index (χ1n) is 9.10. The van der Waals surface area contributed by atoms with Crippen molar-refractivity contribution in [2.45, 2.75) is 25.1 Å². The predicted molar refractivity (Wildman–Crippen MR) is 114 cm³/mol. The van der Waals surface area contributed by atoms with Gasteiger partial charge in [-0.3, -0.25) is 14.5 Å². The lowest BCUT2D eigenvalue weighted by atomic mass is 10.1. The lowest BCUT2D eigenvalue weighted by Crippen LogP contribution is -2.31. The van der Waals surface area contributed by atoms with E-state index in [1.54, 1.807) is 18.2 Å². The summed E-state index contributed by atoms with van der Waals surface area (Å²) >= 11 is 6.94. The van der Waals surface area contributed by atoms with Crippen LogP contribution >= 0.6 is 23.4 Å². The first kappa shape index (κ1) is 21.1. The molecule has 1 aliphatic rings. The molecule has 5 nitrogen and oxygen atoms in total. The van der Waals surface area contributed by atoms with Crippen molar-refractivity contribution in [3.8, 4) is 23.8 Å². The number of ether oxygens (including phenoxy) is 2. The van der Waals surface area contributed by atoms with Crippen molar-refractivity contribution < 1.29 is 19.1 Å². The van der Waals surface area contributed by atoms with E-state index < -0.39 is 5.25 Å². The molecule has 1 saturated heterocycles. The molecule has 0 radical (unpaired) electrons. The van der Waals surface area contributed by atoms with E-state index in [1.165, 1.54) is 4.90 Å². The zero-order chi connectivity index (χ0) is 20.8. The Bertz CT molecular complexity index is 939. The zero-order valence-electron chi connectivity index (χ0n) is 15.9. The van der Waals surface area contributed by atoms with E-state index in [-0.39, 0.29) is 24.3 Å². The van der Waals surface area contributed by atoms with Crippen molar-refractivity contribution in [2.24, 2.45) is 0 Å². The van der Waals surface area contributed by atoms with Gasteiger partial charge in [-0.05, 0) is 48.7 Å². The molecule has 0 bridgehead atoms. The number of rotatable bonds is 8. The lowest BCUT2D eigenvalue weighted by molar-refractivity contribution is -0.127. The maximum atomic E-state index is 12.8. The molecule has 1 heterocycles. The van der Waals surface area contributed by atoms with E-state index >= 15 is 0 Å². The van der Waals surface area contributed by atoms with E-state index in [1.807, 2.05) is 31.2 Å². The van der Waals surface area contributed by atoms with E-state index in [4.69, 9.17) is 27.5 Å². The summed E-state index contributed by atoms with van der Waals surface area (Å²) in [5, 5.41) is -0.101. The van der Waals surface area contributed by atoms with Crippen molar-refractivity contribution in [1.29, 1.82) is 0 Å². The van der Waals surface area contributed by atoms with Crippen LogP contribution in [0.3, 0.4) is 0 Å². The third kappa shape index (κ3) is 5.26. The van der Waals surface area contributed by atoms with Gasteiger partial charge in [-0.2, -0.15) is 0 Å². The van der Waals surface area contributed by atoms with Crippen LogP contribution < -0.4 is 9.47 Å². The third-order valence-electron chi connectivity index (χ3n) is 4.30. The minimum Gasteiger partial charge on any atom is -0.490 e. The highest BCUT2D eigenvalue weighted by atomic mass is 35.5. The monoisotopic (exact) mass is 429 g/mol. The van der Waals surface area contributed by atoms with Crippen LogP contribution in [-0.2, 0) is 17.8 Å². The Kier molecular flexibility index (Phi) is 7.08. The molecule has 1 aliphatic heterocycles. The summed E-state index contributed by atoms with van der Waals surface area (Å²) in [6, 6.07) is 12.6. The van der Waals surface area contributed by atoms with Crippen molar-refractivity contribution in [1.82, 2.24) is 4.90 Å². The molecule has 2 amide bonds. The molecule has 2 aromatic carbocycles. The number of imide groups is 1. The Morgan fingerprint density at radius 2 is 1.83 bits per heavy atom. The fraction of sp³-hybridized carbons (Fsp3) is 0.273. The molecule has 0 spiro atoms. The van der Waals surface area contributed by atoms with Gasteiger partial charge < -0.3 is 9.47 Å². The van der Waals surface area contributed by atoms with Crippen LogP contribution in [0.25, 0.3) is 0 Å². The summed E-state index contributed by atoms with van der Waals surface area (Å²) in [5.41, 5.74) is 1.74. The van der Waals surface area contributed by atoms with E-state index in [0.29, 0.717) is 29.5 Å². The summed E-state index contributed by atoms with van der Waals surface area (Å²) in [6.45, 7) is 2.73. The standard InChI is InChI=1S/C22H20ClNO4S/c1-3-11-28-18-10-7-16(12-19(18)27-4-2)13-20-21(25)24(22(26)29-20)14-15-5-8-17(23)9-6-15/h1,5-10,12,20H,4,11,13-14H2,2H3/t20-/m1/s1. The van der Waals surface area contributed by atoms with E-state index in [2.05, 4.69) is 5.92 Å². The number of thioether (sulfide) groups is 1. The summed E-state index contributed by atoms with van der Waals surface area (Å²) in [5.74, 6) is 3.35. The number of terminal acetylenes is 1. The topological polar surface area (TPSA) is 55.8 Å². The zero-order valence-corrected chi connectivity index (χ0v) is 17.5. The summed E-state index contributed by atoms with van der Waals surface area (Å²) < 4.78 is 11.1. The highest BCUT2D eigenvalue weighted by Gasteiger charge is 2.39. The molecule has 3 rings (SSSR count).